The molecule has 2 fully saturated rings. The molecule has 2 rings (SSSR count). The molecule has 100 valence electrons. The molecule has 1 aliphatic carbocycles. The van der Waals surface area contributed by atoms with Crippen LogP contribution in [-0.4, -0.2) is 48.0 Å². The Balaban J connectivity index is 1.76. The van der Waals surface area contributed by atoms with Gasteiger partial charge in [-0.15, -0.1) is 0 Å². The summed E-state index contributed by atoms with van der Waals surface area (Å²) in [6.07, 6.45) is 6.04. The molecule has 17 heavy (non-hydrogen) atoms. The standard InChI is InChI=1S/C14H27NO2/c1-11(2)10-17-12-7-8-15(9-12)13-5-3-4-6-14(13)16/h11-14,16H,3-10H2,1-2H3. The van der Waals surface area contributed by atoms with Gasteiger partial charge in [-0.05, 0) is 25.2 Å². The number of ether oxygens (including phenoxy) is 1. The van der Waals surface area contributed by atoms with Crippen LogP contribution in [0.1, 0.15) is 46.0 Å². The zero-order chi connectivity index (χ0) is 12.3. The van der Waals surface area contributed by atoms with Gasteiger partial charge in [-0.2, -0.15) is 0 Å². The molecule has 0 aromatic heterocycles. The monoisotopic (exact) mass is 241 g/mol. The van der Waals surface area contributed by atoms with Gasteiger partial charge >= 0.3 is 0 Å². The molecule has 1 aliphatic heterocycles. The summed E-state index contributed by atoms with van der Waals surface area (Å²) in [5, 5.41) is 10.1. The van der Waals surface area contributed by atoms with Gasteiger partial charge in [0.25, 0.3) is 0 Å². The van der Waals surface area contributed by atoms with Crippen LogP contribution in [0.5, 0.6) is 0 Å². The second-order valence-electron chi connectivity index (χ2n) is 6.05. The summed E-state index contributed by atoms with van der Waals surface area (Å²) in [5.74, 6) is 0.615. The van der Waals surface area contributed by atoms with Gasteiger partial charge in [-0.3, -0.25) is 4.90 Å². The predicted molar refractivity (Wildman–Crippen MR) is 69.0 cm³/mol. The van der Waals surface area contributed by atoms with Gasteiger partial charge in [0.15, 0.2) is 0 Å². The third-order valence-electron chi connectivity index (χ3n) is 4.00. The highest BCUT2D eigenvalue weighted by atomic mass is 16.5. The summed E-state index contributed by atoms with van der Waals surface area (Å²) < 4.78 is 5.90. The molecule has 1 N–H and O–H groups in total. The zero-order valence-corrected chi connectivity index (χ0v) is 11.3. The van der Waals surface area contributed by atoms with Crippen LogP contribution in [0.25, 0.3) is 0 Å². The van der Waals surface area contributed by atoms with Crippen molar-refractivity contribution < 1.29 is 9.84 Å². The summed E-state index contributed by atoms with van der Waals surface area (Å²) >= 11 is 0. The Morgan fingerprint density at radius 2 is 2.00 bits per heavy atom. The first-order chi connectivity index (χ1) is 8.16. The topological polar surface area (TPSA) is 32.7 Å². The summed E-state index contributed by atoms with van der Waals surface area (Å²) in [7, 11) is 0. The number of nitrogens with zero attached hydrogens (tertiary/aromatic N) is 1. The van der Waals surface area contributed by atoms with E-state index in [-0.39, 0.29) is 6.10 Å². The van der Waals surface area contributed by atoms with E-state index in [0.717, 1.165) is 39.0 Å². The van der Waals surface area contributed by atoms with Crippen LogP contribution >= 0.6 is 0 Å². The molecule has 0 bridgehead atoms. The lowest BCUT2D eigenvalue weighted by atomic mass is 9.91. The van der Waals surface area contributed by atoms with Gasteiger partial charge in [0.2, 0.25) is 0 Å². The van der Waals surface area contributed by atoms with Crippen LogP contribution in [0.15, 0.2) is 0 Å². The molecule has 3 nitrogen and oxygen atoms in total. The summed E-state index contributed by atoms with van der Waals surface area (Å²) in [6, 6.07) is 0.399. The number of rotatable bonds is 4. The minimum Gasteiger partial charge on any atom is -0.391 e. The van der Waals surface area contributed by atoms with Gasteiger partial charge < -0.3 is 9.84 Å². The quantitative estimate of drug-likeness (QED) is 0.817. The van der Waals surface area contributed by atoms with E-state index in [1.807, 2.05) is 0 Å². The molecule has 0 amide bonds. The van der Waals surface area contributed by atoms with E-state index in [2.05, 4.69) is 18.7 Å². The molecule has 3 heteroatoms. The Hall–Kier alpha value is -0.120. The highest BCUT2D eigenvalue weighted by Gasteiger charge is 2.33. The fraction of sp³-hybridized carbons (Fsp3) is 1.00. The average Bonchev–Trinajstić information content (AvgIpc) is 2.75. The largest absolute Gasteiger partial charge is 0.391 e. The van der Waals surface area contributed by atoms with Crippen LogP contribution < -0.4 is 0 Å². The Bertz CT molecular complexity index is 232. The lowest BCUT2D eigenvalue weighted by Gasteiger charge is -2.35. The van der Waals surface area contributed by atoms with Gasteiger partial charge in [-0.25, -0.2) is 0 Å². The van der Waals surface area contributed by atoms with E-state index < -0.39 is 0 Å². The highest BCUT2D eigenvalue weighted by Crippen LogP contribution is 2.27. The number of aliphatic hydroxyl groups excluding tert-OH is 1. The molecule has 3 unspecified atom stereocenters. The summed E-state index contributed by atoms with van der Waals surface area (Å²) in [6.45, 7) is 7.37. The minimum atomic E-state index is -0.104. The van der Waals surface area contributed by atoms with Crippen LogP contribution in [0, 0.1) is 5.92 Å². The number of likely N-dealkylation sites (tertiary alicyclic amines) is 1. The SMILES string of the molecule is CC(C)COC1CCN(C2CCCCC2O)C1. The Morgan fingerprint density at radius 1 is 1.24 bits per heavy atom. The predicted octanol–water partition coefficient (Wildman–Crippen LogP) is 2.04. The maximum absolute atomic E-state index is 10.1. The Labute approximate surface area is 105 Å². The number of aliphatic hydroxyl groups is 1. The number of hydrogen-bond acceptors (Lipinski definition) is 3. The zero-order valence-electron chi connectivity index (χ0n) is 11.3. The molecule has 0 spiro atoms. The lowest BCUT2D eigenvalue weighted by molar-refractivity contribution is 0.00854. The smallest absolute Gasteiger partial charge is 0.0714 e. The van der Waals surface area contributed by atoms with Crippen LogP contribution in [-0.2, 0) is 4.74 Å². The van der Waals surface area contributed by atoms with Gasteiger partial charge in [-0.1, -0.05) is 26.7 Å². The lowest BCUT2D eigenvalue weighted by Crippen LogP contribution is -2.44. The second kappa shape index (κ2) is 6.17. The van der Waals surface area contributed by atoms with Crippen molar-refractivity contribution >= 4 is 0 Å². The van der Waals surface area contributed by atoms with E-state index in [1.54, 1.807) is 0 Å². The fourth-order valence-corrected chi connectivity index (χ4v) is 3.04. The van der Waals surface area contributed by atoms with Crippen molar-refractivity contribution in [1.29, 1.82) is 0 Å². The fourth-order valence-electron chi connectivity index (χ4n) is 3.04. The molecule has 0 aromatic carbocycles. The summed E-state index contributed by atoms with van der Waals surface area (Å²) in [4.78, 5) is 2.45. The molecule has 0 aromatic rings. The molecule has 1 saturated carbocycles. The molecular formula is C14H27NO2. The number of hydrogen-bond donors (Lipinski definition) is 1. The molecule has 3 atom stereocenters. The van der Waals surface area contributed by atoms with Crippen LogP contribution in [0.3, 0.4) is 0 Å². The third kappa shape index (κ3) is 3.67. The van der Waals surface area contributed by atoms with Crippen molar-refractivity contribution in [3.63, 3.8) is 0 Å². The van der Waals surface area contributed by atoms with E-state index in [4.69, 9.17) is 4.74 Å². The first-order valence-electron chi connectivity index (χ1n) is 7.20. The van der Waals surface area contributed by atoms with Crippen molar-refractivity contribution in [3.05, 3.63) is 0 Å². The highest BCUT2D eigenvalue weighted by molar-refractivity contribution is 4.88. The first-order valence-corrected chi connectivity index (χ1v) is 7.20. The van der Waals surface area contributed by atoms with E-state index in [0.29, 0.717) is 18.1 Å². The van der Waals surface area contributed by atoms with Gasteiger partial charge in [0.05, 0.1) is 12.2 Å². The molecule has 0 radical (unpaired) electrons. The van der Waals surface area contributed by atoms with Crippen molar-refractivity contribution in [1.82, 2.24) is 4.90 Å². The van der Waals surface area contributed by atoms with Crippen molar-refractivity contribution in [2.24, 2.45) is 5.92 Å². The maximum Gasteiger partial charge on any atom is 0.0714 e. The first kappa shape index (κ1) is 13.3. The maximum atomic E-state index is 10.1. The molecule has 1 saturated heterocycles. The normalized spacial score (nSPS) is 35.6. The Morgan fingerprint density at radius 3 is 2.71 bits per heavy atom. The van der Waals surface area contributed by atoms with Crippen molar-refractivity contribution in [3.8, 4) is 0 Å². The molecule has 2 aliphatic rings. The van der Waals surface area contributed by atoms with E-state index in [1.165, 1.54) is 12.8 Å². The molecular weight excluding hydrogens is 214 g/mol. The Kier molecular flexibility index (Phi) is 4.83. The summed E-state index contributed by atoms with van der Waals surface area (Å²) in [5.41, 5.74) is 0. The van der Waals surface area contributed by atoms with Crippen molar-refractivity contribution in [2.75, 3.05) is 19.7 Å². The van der Waals surface area contributed by atoms with Gasteiger partial charge in [0, 0.05) is 25.7 Å². The van der Waals surface area contributed by atoms with Crippen LogP contribution in [0.4, 0.5) is 0 Å². The van der Waals surface area contributed by atoms with Crippen molar-refractivity contribution in [2.45, 2.75) is 64.2 Å². The van der Waals surface area contributed by atoms with E-state index >= 15 is 0 Å². The van der Waals surface area contributed by atoms with Crippen LogP contribution in [0.2, 0.25) is 0 Å². The third-order valence-corrected chi connectivity index (χ3v) is 4.00. The molecule has 1 heterocycles. The van der Waals surface area contributed by atoms with E-state index in [9.17, 15) is 5.11 Å². The second-order valence-corrected chi connectivity index (χ2v) is 6.05. The van der Waals surface area contributed by atoms with Gasteiger partial charge in [0.1, 0.15) is 0 Å². The average molecular weight is 241 g/mol. The minimum absolute atomic E-state index is 0.104.